The zero-order chi connectivity index (χ0) is 19.3. The van der Waals surface area contributed by atoms with Crippen LogP contribution in [-0.2, 0) is 11.2 Å². The molecule has 28 heavy (non-hydrogen) atoms. The number of benzene rings is 2. The maximum atomic E-state index is 12.3. The van der Waals surface area contributed by atoms with Crippen LogP contribution >= 0.6 is 0 Å². The van der Waals surface area contributed by atoms with Gasteiger partial charge in [0.15, 0.2) is 0 Å². The molecule has 2 N–H and O–H groups in total. The van der Waals surface area contributed by atoms with Crippen LogP contribution in [0.3, 0.4) is 0 Å². The monoisotopic (exact) mass is 372 g/mol. The first-order valence-corrected chi connectivity index (χ1v) is 9.63. The van der Waals surface area contributed by atoms with Crippen LogP contribution in [0.1, 0.15) is 36.9 Å². The summed E-state index contributed by atoms with van der Waals surface area (Å²) in [6.07, 6.45) is 9.74. The Hall–Kier alpha value is -3.34. The Morgan fingerprint density at radius 3 is 2.79 bits per heavy atom. The van der Waals surface area contributed by atoms with E-state index in [-0.39, 0.29) is 11.9 Å². The maximum absolute atomic E-state index is 12.3. The lowest BCUT2D eigenvalue weighted by atomic mass is 10.1. The predicted molar refractivity (Wildman–Crippen MR) is 111 cm³/mol. The van der Waals surface area contributed by atoms with Gasteiger partial charge in [0.05, 0.1) is 12.4 Å². The standard InChI is InChI=1S/C23H24N4O/c1-17(18-9-11-20(12-10-18)27-14-13-24-16-27)26-23(28)8-4-5-19-15-25-22-7-3-2-6-21(19)22/h2-3,6-7,9-17,25H,4-5,8H2,1H3,(H,26,28)/t17-/m1/s1. The van der Waals surface area contributed by atoms with E-state index in [9.17, 15) is 4.79 Å². The Bertz CT molecular complexity index is 1050. The minimum Gasteiger partial charge on any atom is -0.361 e. The number of imidazole rings is 1. The second-order valence-electron chi connectivity index (χ2n) is 7.06. The predicted octanol–water partition coefficient (Wildman–Crippen LogP) is 4.55. The summed E-state index contributed by atoms with van der Waals surface area (Å²) in [6, 6.07) is 16.4. The van der Waals surface area contributed by atoms with Crippen molar-refractivity contribution in [2.45, 2.75) is 32.2 Å². The molecule has 1 atom stereocenters. The molecule has 5 heteroatoms. The number of amides is 1. The molecule has 0 aliphatic carbocycles. The molecule has 2 aromatic heterocycles. The van der Waals surface area contributed by atoms with Crippen LogP contribution in [0.15, 0.2) is 73.4 Å². The van der Waals surface area contributed by atoms with Crippen molar-refractivity contribution in [3.8, 4) is 5.69 Å². The van der Waals surface area contributed by atoms with Crippen molar-refractivity contribution >= 4 is 16.8 Å². The largest absolute Gasteiger partial charge is 0.361 e. The van der Waals surface area contributed by atoms with Gasteiger partial charge in [-0.3, -0.25) is 4.79 Å². The number of carbonyl (C=O) groups is 1. The van der Waals surface area contributed by atoms with E-state index in [1.54, 1.807) is 12.5 Å². The highest BCUT2D eigenvalue weighted by molar-refractivity contribution is 5.83. The molecule has 2 aromatic carbocycles. The molecule has 0 aliphatic heterocycles. The van der Waals surface area contributed by atoms with Gasteiger partial charge in [-0.1, -0.05) is 30.3 Å². The summed E-state index contributed by atoms with van der Waals surface area (Å²) < 4.78 is 1.96. The van der Waals surface area contributed by atoms with Gasteiger partial charge in [-0.15, -0.1) is 0 Å². The van der Waals surface area contributed by atoms with Gasteiger partial charge < -0.3 is 14.9 Å². The number of hydrogen-bond acceptors (Lipinski definition) is 2. The molecule has 4 rings (SSSR count). The second kappa shape index (κ2) is 8.13. The first-order valence-electron chi connectivity index (χ1n) is 9.63. The maximum Gasteiger partial charge on any atom is 0.220 e. The van der Waals surface area contributed by atoms with Crippen molar-refractivity contribution in [2.24, 2.45) is 0 Å². The van der Waals surface area contributed by atoms with E-state index in [2.05, 4.69) is 27.4 Å². The molecule has 142 valence electrons. The van der Waals surface area contributed by atoms with Gasteiger partial charge in [-0.05, 0) is 49.1 Å². The van der Waals surface area contributed by atoms with Crippen LogP contribution < -0.4 is 5.32 Å². The lowest BCUT2D eigenvalue weighted by Gasteiger charge is -2.15. The highest BCUT2D eigenvalue weighted by atomic mass is 16.1. The zero-order valence-corrected chi connectivity index (χ0v) is 15.9. The van der Waals surface area contributed by atoms with Gasteiger partial charge in [0.2, 0.25) is 5.91 Å². The third-order valence-electron chi connectivity index (χ3n) is 5.10. The molecule has 0 spiro atoms. The van der Waals surface area contributed by atoms with Crippen LogP contribution in [0.25, 0.3) is 16.6 Å². The van der Waals surface area contributed by atoms with E-state index in [0.29, 0.717) is 6.42 Å². The van der Waals surface area contributed by atoms with Crippen LogP contribution in [-0.4, -0.2) is 20.4 Å². The molecule has 5 nitrogen and oxygen atoms in total. The van der Waals surface area contributed by atoms with Crippen molar-refractivity contribution in [2.75, 3.05) is 0 Å². The number of nitrogens with one attached hydrogen (secondary N) is 2. The van der Waals surface area contributed by atoms with Crippen LogP contribution in [0, 0.1) is 0 Å². The zero-order valence-electron chi connectivity index (χ0n) is 15.9. The molecular weight excluding hydrogens is 348 g/mol. The van der Waals surface area contributed by atoms with E-state index in [0.717, 1.165) is 29.6 Å². The van der Waals surface area contributed by atoms with Gasteiger partial charge in [0, 0.05) is 41.6 Å². The molecule has 0 radical (unpaired) electrons. The molecule has 0 unspecified atom stereocenters. The van der Waals surface area contributed by atoms with Crippen LogP contribution in [0.2, 0.25) is 0 Å². The molecule has 4 aromatic rings. The number of hydrogen-bond donors (Lipinski definition) is 2. The summed E-state index contributed by atoms with van der Waals surface area (Å²) in [5, 5.41) is 4.35. The summed E-state index contributed by atoms with van der Waals surface area (Å²) in [4.78, 5) is 19.7. The van der Waals surface area contributed by atoms with Crippen molar-refractivity contribution in [1.82, 2.24) is 19.9 Å². The number of aromatic amines is 1. The molecule has 0 fully saturated rings. The normalized spacial score (nSPS) is 12.2. The van der Waals surface area contributed by atoms with Crippen molar-refractivity contribution in [1.29, 1.82) is 0 Å². The fourth-order valence-electron chi connectivity index (χ4n) is 3.52. The van der Waals surface area contributed by atoms with Gasteiger partial charge in [0.25, 0.3) is 0 Å². The summed E-state index contributed by atoms with van der Waals surface area (Å²) in [6.45, 7) is 2.02. The number of aryl methyl sites for hydroxylation is 1. The average Bonchev–Trinajstić information content (AvgIpc) is 3.39. The number of H-pyrrole nitrogens is 1. The highest BCUT2D eigenvalue weighted by Gasteiger charge is 2.10. The SMILES string of the molecule is C[C@@H](NC(=O)CCCc1c[nH]c2ccccc12)c1ccc(-n2ccnc2)cc1. The third kappa shape index (κ3) is 3.98. The molecule has 0 bridgehead atoms. The van der Waals surface area contributed by atoms with Crippen molar-refractivity contribution < 1.29 is 4.79 Å². The molecule has 0 saturated carbocycles. The van der Waals surface area contributed by atoms with Gasteiger partial charge in [-0.25, -0.2) is 4.98 Å². The van der Waals surface area contributed by atoms with Crippen LogP contribution in [0.4, 0.5) is 0 Å². The molecular formula is C23H24N4O. The van der Waals surface area contributed by atoms with Crippen LogP contribution in [0.5, 0.6) is 0 Å². The summed E-state index contributed by atoms with van der Waals surface area (Å²) in [5.74, 6) is 0.0889. The Kier molecular flexibility index (Phi) is 5.24. The summed E-state index contributed by atoms with van der Waals surface area (Å²) in [5.41, 5.74) is 4.56. The van der Waals surface area contributed by atoms with Gasteiger partial charge in [0.1, 0.15) is 0 Å². The first kappa shape index (κ1) is 18.0. The van der Waals surface area contributed by atoms with Gasteiger partial charge in [-0.2, -0.15) is 0 Å². The Morgan fingerprint density at radius 1 is 1.18 bits per heavy atom. The summed E-state index contributed by atoms with van der Waals surface area (Å²) in [7, 11) is 0. The molecule has 0 saturated heterocycles. The number of fused-ring (bicyclic) bond motifs is 1. The van der Waals surface area contributed by atoms with E-state index >= 15 is 0 Å². The summed E-state index contributed by atoms with van der Waals surface area (Å²) >= 11 is 0. The van der Waals surface area contributed by atoms with Gasteiger partial charge >= 0.3 is 0 Å². The lowest BCUT2D eigenvalue weighted by molar-refractivity contribution is -0.121. The van der Waals surface area contributed by atoms with Crippen molar-refractivity contribution in [3.63, 3.8) is 0 Å². The highest BCUT2D eigenvalue weighted by Crippen LogP contribution is 2.20. The van der Waals surface area contributed by atoms with E-state index < -0.39 is 0 Å². The fraction of sp³-hybridized carbons (Fsp3) is 0.217. The molecule has 1 amide bonds. The quantitative estimate of drug-likeness (QED) is 0.500. The topological polar surface area (TPSA) is 62.7 Å². The van der Waals surface area contributed by atoms with E-state index in [1.807, 2.05) is 60.3 Å². The Morgan fingerprint density at radius 2 is 2.00 bits per heavy atom. The van der Waals surface area contributed by atoms with E-state index in [4.69, 9.17) is 0 Å². The third-order valence-corrected chi connectivity index (χ3v) is 5.10. The minimum absolute atomic E-state index is 0.0163. The minimum atomic E-state index is -0.0163. The molecule has 0 aliphatic rings. The lowest BCUT2D eigenvalue weighted by Crippen LogP contribution is -2.26. The Labute approximate surface area is 164 Å². The number of carbonyl (C=O) groups excluding carboxylic acids is 1. The smallest absolute Gasteiger partial charge is 0.220 e. The Balaban J connectivity index is 1.28. The number of para-hydroxylation sites is 1. The fourth-order valence-corrected chi connectivity index (χ4v) is 3.52. The number of rotatable bonds is 7. The second-order valence-corrected chi connectivity index (χ2v) is 7.06. The first-order chi connectivity index (χ1) is 13.7. The molecule has 2 heterocycles. The van der Waals surface area contributed by atoms with Crippen molar-refractivity contribution in [3.05, 3.63) is 84.6 Å². The number of aromatic nitrogens is 3. The number of nitrogens with zero attached hydrogens (tertiary/aromatic N) is 2. The van der Waals surface area contributed by atoms with E-state index in [1.165, 1.54) is 10.9 Å². The average molecular weight is 372 g/mol.